The maximum absolute atomic E-state index is 13.7. The van der Waals surface area contributed by atoms with E-state index in [0.717, 1.165) is 24.8 Å². The molecule has 0 bridgehead atoms. The van der Waals surface area contributed by atoms with E-state index in [1.165, 1.54) is 12.1 Å². The average Bonchev–Trinajstić information content (AvgIpc) is 2.56. The maximum Gasteiger partial charge on any atom is 0.352 e. The highest BCUT2D eigenvalue weighted by Crippen LogP contribution is 2.26. The summed E-state index contributed by atoms with van der Waals surface area (Å²) in [6.45, 7) is 5.28. The number of hydrogen-bond acceptors (Lipinski definition) is 4. The van der Waals surface area contributed by atoms with Crippen molar-refractivity contribution in [2.75, 3.05) is 11.4 Å². The molecule has 2 aromatic rings. The Bertz CT molecular complexity index is 807. The van der Waals surface area contributed by atoms with Crippen LogP contribution in [0.3, 0.4) is 0 Å². The summed E-state index contributed by atoms with van der Waals surface area (Å²) in [7, 11) is 0. The molecule has 0 saturated heterocycles. The van der Waals surface area contributed by atoms with Crippen LogP contribution in [0.4, 0.5) is 14.6 Å². The summed E-state index contributed by atoms with van der Waals surface area (Å²) < 4.78 is 34.0. The van der Waals surface area contributed by atoms with E-state index in [9.17, 15) is 13.6 Å². The van der Waals surface area contributed by atoms with Crippen LogP contribution in [-0.2, 0) is 13.2 Å². The first-order valence-electron chi connectivity index (χ1n) is 7.95. The lowest BCUT2D eigenvalue weighted by molar-refractivity contribution is 0.282. The predicted molar refractivity (Wildman–Crippen MR) is 86.3 cm³/mol. The molecule has 0 spiro atoms. The molecule has 7 heteroatoms. The lowest BCUT2D eigenvalue weighted by Crippen LogP contribution is -2.43. The van der Waals surface area contributed by atoms with Gasteiger partial charge in [0.15, 0.2) is 11.6 Å². The lowest BCUT2D eigenvalue weighted by atomic mass is 10.1. The molecule has 1 aliphatic rings. The van der Waals surface area contributed by atoms with Crippen molar-refractivity contribution in [3.63, 3.8) is 0 Å². The van der Waals surface area contributed by atoms with Crippen molar-refractivity contribution in [2.45, 2.75) is 39.5 Å². The molecule has 0 radical (unpaired) electrons. The quantitative estimate of drug-likeness (QED) is 0.862. The molecule has 0 aliphatic carbocycles. The van der Waals surface area contributed by atoms with Crippen molar-refractivity contribution < 1.29 is 13.5 Å². The van der Waals surface area contributed by atoms with E-state index in [1.54, 1.807) is 10.6 Å². The SMILES string of the molecule is CCN1c2cc(OCc3cccc(F)c3F)nc(=O)n2CC[C@@H]1C. The normalized spacial score (nSPS) is 16.8. The van der Waals surface area contributed by atoms with Crippen LogP contribution >= 0.6 is 0 Å². The Morgan fingerprint density at radius 3 is 2.92 bits per heavy atom. The molecule has 1 aliphatic heterocycles. The number of fused-ring (bicyclic) bond motifs is 1. The van der Waals surface area contributed by atoms with Gasteiger partial charge in [0, 0.05) is 30.8 Å². The summed E-state index contributed by atoms with van der Waals surface area (Å²) in [5.74, 6) is -1.02. The second kappa shape index (κ2) is 6.59. The van der Waals surface area contributed by atoms with Gasteiger partial charge in [0.2, 0.25) is 5.88 Å². The zero-order valence-electron chi connectivity index (χ0n) is 13.6. The second-order valence-electron chi connectivity index (χ2n) is 5.81. The zero-order chi connectivity index (χ0) is 17.3. The fourth-order valence-electron chi connectivity index (χ4n) is 2.98. The van der Waals surface area contributed by atoms with E-state index in [-0.39, 0.29) is 18.1 Å². The van der Waals surface area contributed by atoms with Gasteiger partial charge in [-0.25, -0.2) is 13.6 Å². The first-order chi connectivity index (χ1) is 11.5. The number of anilines is 1. The minimum absolute atomic E-state index is 0.0790. The van der Waals surface area contributed by atoms with Gasteiger partial charge >= 0.3 is 5.69 Å². The van der Waals surface area contributed by atoms with Crippen LogP contribution in [0.1, 0.15) is 25.8 Å². The van der Waals surface area contributed by atoms with Gasteiger partial charge < -0.3 is 9.64 Å². The minimum Gasteiger partial charge on any atom is -0.472 e. The van der Waals surface area contributed by atoms with Crippen molar-refractivity contribution in [1.82, 2.24) is 9.55 Å². The summed E-state index contributed by atoms with van der Waals surface area (Å²) in [5.41, 5.74) is -0.317. The molecule has 1 aromatic carbocycles. The second-order valence-corrected chi connectivity index (χ2v) is 5.81. The monoisotopic (exact) mass is 335 g/mol. The third-order valence-electron chi connectivity index (χ3n) is 4.31. The van der Waals surface area contributed by atoms with Gasteiger partial charge in [-0.1, -0.05) is 12.1 Å². The fraction of sp³-hybridized carbons (Fsp3) is 0.412. The van der Waals surface area contributed by atoms with E-state index in [4.69, 9.17) is 4.74 Å². The molecular weight excluding hydrogens is 316 g/mol. The number of ether oxygens (including phenoxy) is 1. The average molecular weight is 335 g/mol. The molecular formula is C17H19F2N3O2. The van der Waals surface area contributed by atoms with E-state index >= 15 is 0 Å². The van der Waals surface area contributed by atoms with Crippen molar-refractivity contribution in [2.24, 2.45) is 0 Å². The Morgan fingerprint density at radius 1 is 1.38 bits per heavy atom. The molecule has 1 atom stereocenters. The van der Waals surface area contributed by atoms with Crippen LogP contribution in [0.25, 0.3) is 0 Å². The van der Waals surface area contributed by atoms with Crippen LogP contribution < -0.4 is 15.3 Å². The number of benzene rings is 1. The Hall–Kier alpha value is -2.44. The van der Waals surface area contributed by atoms with Gasteiger partial charge in [0.25, 0.3) is 0 Å². The van der Waals surface area contributed by atoms with Crippen molar-refractivity contribution in [3.8, 4) is 5.88 Å². The summed E-state index contributed by atoms with van der Waals surface area (Å²) in [5, 5.41) is 0. The number of rotatable bonds is 4. The third kappa shape index (κ3) is 2.98. The zero-order valence-corrected chi connectivity index (χ0v) is 13.6. The molecule has 128 valence electrons. The van der Waals surface area contributed by atoms with Crippen LogP contribution in [0, 0.1) is 11.6 Å². The number of aromatic nitrogens is 2. The summed E-state index contributed by atoms with van der Waals surface area (Å²) in [6, 6.07) is 5.88. The Kier molecular flexibility index (Phi) is 4.51. The summed E-state index contributed by atoms with van der Waals surface area (Å²) in [4.78, 5) is 18.2. The molecule has 1 aromatic heterocycles. The van der Waals surface area contributed by atoms with E-state index < -0.39 is 17.3 Å². The molecule has 0 unspecified atom stereocenters. The Morgan fingerprint density at radius 2 is 2.17 bits per heavy atom. The Balaban J connectivity index is 1.87. The number of hydrogen-bond donors (Lipinski definition) is 0. The van der Waals surface area contributed by atoms with Gasteiger partial charge in [0.1, 0.15) is 12.4 Å². The number of nitrogens with zero attached hydrogens (tertiary/aromatic N) is 3. The molecule has 0 amide bonds. The lowest BCUT2D eigenvalue weighted by Gasteiger charge is -2.36. The van der Waals surface area contributed by atoms with Crippen molar-refractivity contribution in [3.05, 3.63) is 51.9 Å². The topological polar surface area (TPSA) is 47.4 Å². The van der Waals surface area contributed by atoms with Gasteiger partial charge in [0.05, 0.1) is 0 Å². The minimum atomic E-state index is -0.948. The highest BCUT2D eigenvalue weighted by Gasteiger charge is 2.24. The number of halogens is 2. The highest BCUT2D eigenvalue weighted by atomic mass is 19.2. The van der Waals surface area contributed by atoms with Crippen LogP contribution in [0.5, 0.6) is 5.88 Å². The van der Waals surface area contributed by atoms with Crippen LogP contribution in [0.2, 0.25) is 0 Å². The van der Waals surface area contributed by atoms with Crippen LogP contribution in [0.15, 0.2) is 29.1 Å². The largest absolute Gasteiger partial charge is 0.472 e. The molecule has 24 heavy (non-hydrogen) atoms. The van der Waals surface area contributed by atoms with E-state index in [1.807, 2.05) is 6.92 Å². The third-order valence-corrected chi connectivity index (χ3v) is 4.31. The fourth-order valence-corrected chi connectivity index (χ4v) is 2.98. The molecule has 2 heterocycles. The predicted octanol–water partition coefficient (Wildman–Crippen LogP) is 2.72. The molecule has 0 N–H and O–H groups in total. The van der Waals surface area contributed by atoms with Gasteiger partial charge in [-0.3, -0.25) is 4.57 Å². The van der Waals surface area contributed by atoms with Gasteiger partial charge in [-0.2, -0.15) is 4.98 Å². The standard InChI is InChI=1S/C17H19F2N3O2/c1-3-21-11(2)7-8-22-15(21)9-14(20-17(22)23)24-10-12-5-4-6-13(18)16(12)19/h4-6,9,11H,3,7-8,10H2,1-2H3/t11-/m0/s1. The molecule has 5 nitrogen and oxygen atoms in total. The summed E-state index contributed by atoms with van der Waals surface area (Å²) >= 11 is 0. The van der Waals surface area contributed by atoms with Gasteiger partial charge in [-0.05, 0) is 26.3 Å². The smallest absolute Gasteiger partial charge is 0.352 e. The molecule has 0 saturated carbocycles. The highest BCUT2D eigenvalue weighted by molar-refractivity contribution is 5.44. The maximum atomic E-state index is 13.7. The van der Waals surface area contributed by atoms with E-state index in [2.05, 4.69) is 16.8 Å². The first kappa shape index (κ1) is 16.4. The van der Waals surface area contributed by atoms with Crippen LogP contribution in [-0.4, -0.2) is 22.1 Å². The van der Waals surface area contributed by atoms with Gasteiger partial charge in [-0.15, -0.1) is 0 Å². The van der Waals surface area contributed by atoms with Crippen molar-refractivity contribution in [1.29, 1.82) is 0 Å². The summed E-state index contributed by atoms with van der Waals surface area (Å²) in [6.07, 6.45) is 0.872. The Labute approximate surface area is 138 Å². The molecule has 3 rings (SSSR count). The van der Waals surface area contributed by atoms with E-state index in [0.29, 0.717) is 12.6 Å². The first-order valence-corrected chi connectivity index (χ1v) is 7.95. The molecule has 0 fully saturated rings. The van der Waals surface area contributed by atoms with Crippen molar-refractivity contribution >= 4 is 5.82 Å².